The van der Waals surface area contributed by atoms with Crippen LogP contribution in [0.3, 0.4) is 0 Å². The first-order chi connectivity index (χ1) is 12.4. The van der Waals surface area contributed by atoms with Gasteiger partial charge in [0.1, 0.15) is 0 Å². The number of nitrogens with zero attached hydrogens (tertiary/aromatic N) is 2. The Balaban J connectivity index is 1.90. The van der Waals surface area contributed by atoms with Gasteiger partial charge in [-0.05, 0) is 52.3 Å². The van der Waals surface area contributed by atoms with Crippen LogP contribution < -0.4 is 16.0 Å². The molecule has 1 aromatic carbocycles. The standard InChI is InChI=1S/C20H33N5O/c1-20(2,3)24-18(26)15-23-19(21-4)22-14-17(25-12-8-9-13-25)16-10-6-5-7-11-16/h5-7,10-11,17H,8-9,12-15H2,1-4H3,(H,24,26)(H2,21,22,23). The van der Waals surface area contributed by atoms with E-state index in [0.29, 0.717) is 12.0 Å². The summed E-state index contributed by atoms with van der Waals surface area (Å²) in [5.74, 6) is 0.605. The number of likely N-dealkylation sites (tertiary alicyclic amines) is 1. The van der Waals surface area contributed by atoms with Gasteiger partial charge >= 0.3 is 0 Å². The van der Waals surface area contributed by atoms with Crippen molar-refractivity contribution in [1.82, 2.24) is 20.9 Å². The van der Waals surface area contributed by atoms with Gasteiger partial charge < -0.3 is 16.0 Å². The van der Waals surface area contributed by atoms with Gasteiger partial charge in [0.25, 0.3) is 0 Å². The molecule has 1 aromatic rings. The first kappa shape index (κ1) is 20.2. The van der Waals surface area contributed by atoms with Gasteiger partial charge in [-0.25, -0.2) is 0 Å². The van der Waals surface area contributed by atoms with E-state index in [1.807, 2.05) is 26.8 Å². The lowest BCUT2D eigenvalue weighted by molar-refractivity contribution is -0.121. The Labute approximate surface area is 157 Å². The molecule has 0 bridgehead atoms. The zero-order valence-corrected chi connectivity index (χ0v) is 16.5. The first-order valence-corrected chi connectivity index (χ1v) is 9.43. The highest BCUT2D eigenvalue weighted by molar-refractivity contribution is 5.86. The fourth-order valence-electron chi connectivity index (χ4n) is 3.23. The second-order valence-electron chi connectivity index (χ2n) is 7.77. The Kier molecular flexibility index (Phi) is 7.45. The maximum atomic E-state index is 12.0. The van der Waals surface area contributed by atoms with Crippen LogP contribution in [0.2, 0.25) is 0 Å². The van der Waals surface area contributed by atoms with Crippen molar-refractivity contribution in [3.8, 4) is 0 Å². The summed E-state index contributed by atoms with van der Waals surface area (Å²) in [4.78, 5) is 18.7. The van der Waals surface area contributed by atoms with E-state index < -0.39 is 0 Å². The molecule has 1 heterocycles. The van der Waals surface area contributed by atoms with Crippen molar-refractivity contribution in [1.29, 1.82) is 0 Å². The Hall–Kier alpha value is -2.08. The SMILES string of the molecule is CN=C(NCC(=O)NC(C)(C)C)NCC(c1ccccc1)N1CCCC1. The maximum absolute atomic E-state index is 12.0. The third-order valence-electron chi connectivity index (χ3n) is 4.38. The molecule has 1 saturated heterocycles. The molecule has 1 aliphatic rings. The van der Waals surface area contributed by atoms with Crippen LogP contribution in [0.1, 0.15) is 45.2 Å². The van der Waals surface area contributed by atoms with E-state index in [0.717, 1.165) is 19.6 Å². The lowest BCUT2D eigenvalue weighted by Gasteiger charge is -2.29. The third-order valence-corrected chi connectivity index (χ3v) is 4.38. The molecule has 0 aliphatic carbocycles. The van der Waals surface area contributed by atoms with Gasteiger partial charge in [-0.1, -0.05) is 30.3 Å². The number of rotatable bonds is 6. The molecule has 6 heteroatoms. The van der Waals surface area contributed by atoms with E-state index >= 15 is 0 Å². The van der Waals surface area contributed by atoms with Crippen molar-refractivity contribution in [2.45, 2.75) is 45.2 Å². The number of hydrogen-bond acceptors (Lipinski definition) is 3. The number of nitrogens with one attached hydrogen (secondary N) is 3. The monoisotopic (exact) mass is 359 g/mol. The summed E-state index contributed by atoms with van der Waals surface area (Å²) < 4.78 is 0. The van der Waals surface area contributed by atoms with Crippen molar-refractivity contribution in [3.63, 3.8) is 0 Å². The molecular formula is C20H33N5O. The van der Waals surface area contributed by atoms with Gasteiger partial charge in [0.2, 0.25) is 5.91 Å². The lowest BCUT2D eigenvalue weighted by atomic mass is 10.1. The molecule has 3 N–H and O–H groups in total. The van der Waals surface area contributed by atoms with Crippen LogP contribution in [0, 0.1) is 0 Å². The van der Waals surface area contributed by atoms with Crippen molar-refractivity contribution in [3.05, 3.63) is 35.9 Å². The summed E-state index contributed by atoms with van der Waals surface area (Å²) in [6.07, 6.45) is 2.51. The Bertz CT molecular complexity index is 588. The fraction of sp³-hybridized carbons (Fsp3) is 0.600. The second kappa shape index (κ2) is 9.57. The molecular weight excluding hydrogens is 326 g/mol. The molecule has 26 heavy (non-hydrogen) atoms. The number of amides is 1. The summed E-state index contributed by atoms with van der Waals surface area (Å²) in [5, 5.41) is 9.42. The van der Waals surface area contributed by atoms with Crippen molar-refractivity contribution < 1.29 is 4.79 Å². The molecule has 1 fully saturated rings. The highest BCUT2D eigenvalue weighted by atomic mass is 16.2. The van der Waals surface area contributed by atoms with E-state index in [9.17, 15) is 4.79 Å². The van der Waals surface area contributed by atoms with Gasteiger partial charge in [0.15, 0.2) is 5.96 Å². The largest absolute Gasteiger partial charge is 0.354 e. The predicted octanol–water partition coefficient (Wildman–Crippen LogP) is 1.90. The van der Waals surface area contributed by atoms with Crippen LogP contribution in [0.5, 0.6) is 0 Å². The summed E-state index contributed by atoms with van der Waals surface area (Å²) in [6.45, 7) is 9.12. The zero-order valence-electron chi connectivity index (χ0n) is 16.5. The molecule has 0 radical (unpaired) electrons. The lowest BCUT2D eigenvalue weighted by Crippen LogP contribution is -2.49. The van der Waals surface area contributed by atoms with E-state index in [2.05, 4.69) is 50.1 Å². The molecule has 1 amide bonds. The summed E-state index contributed by atoms with van der Waals surface area (Å²) in [6, 6.07) is 10.9. The molecule has 6 nitrogen and oxygen atoms in total. The molecule has 2 rings (SSSR count). The molecule has 0 aromatic heterocycles. The van der Waals surface area contributed by atoms with E-state index in [4.69, 9.17) is 0 Å². The average Bonchev–Trinajstić information content (AvgIpc) is 3.11. The molecule has 1 unspecified atom stereocenters. The highest BCUT2D eigenvalue weighted by Crippen LogP contribution is 2.24. The molecule has 0 saturated carbocycles. The van der Waals surface area contributed by atoms with Crippen LogP contribution in [-0.4, -0.2) is 55.5 Å². The highest BCUT2D eigenvalue weighted by Gasteiger charge is 2.23. The maximum Gasteiger partial charge on any atom is 0.239 e. The van der Waals surface area contributed by atoms with Gasteiger partial charge in [0.05, 0.1) is 12.6 Å². The minimum absolute atomic E-state index is 0.0420. The zero-order chi connectivity index (χ0) is 19.0. The Morgan fingerprint density at radius 3 is 2.38 bits per heavy atom. The first-order valence-electron chi connectivity index (χ1n) is 9.43. The van der Waals surface area contributed by atoms with E-state index in [1.165, 1.54) is 18.4 Å². The minimum atomic E-state index is -0.232. The predicted molar refractivity (Wildman–Crippen MR) is 107 cm³/mol. The number of carbonyl (C=O) groups is 1. The van der Waals surface area contributed by atoms with E-state index in [1.54, 1.807) is 7.05 Å². The average molecular weight is 360 g/mol. The summed E-state index contributed by atoms with van der Waals surface area (Å²) in [5.41, 5.74) is 1.08. The van der Waals surface area contributed by atoms with Crippen molar-refractivity contribution in [2.24, 2.45) is 4.99 Å². The van der Waals surface area contributed by atoms with Crippen LogP contribution in [-0.2, 0) is 4.79 Å². The van der Waals surface area contributed by atoms with Gasteiger partial charge in [-0.15, -0.1) is 0 Å². The van der Waals surface area contributed by atoms with Crippen LogP contribution in [0.4, 0.5) is 0 Å². The van der Waals surface area contributed by atoms with E-state index in [-0.39, 0.29) is 18.0 Å². The smallest absolute Gasteiger partial charge is 0.239 e. The molecule has 144 valence electrons. The summed E-state index contributed by atoms with van der Waals surface area (Å²) in [7, 11) is 1.73. The normalized spacial score (nSPS) is 17.0. The number of aliphatic imine (C=N–C) groups is 1. The third kappa shape index (κ3) is 6.67. The van der Waals surface area contributed by atoms with Crippen LogP contribution in [0.25, 0.3) is 0 Å². The van der Waals surface area contributed by atoms with Gasteiger partial charge in [-0.3, -0.25) is 14.7 Å². The number of hydrogen-bond donors (Lipinski definition) is 3. The minimum Gasteiger partial charge on any atom is -0.354 e. The number of carbonyl (C=O) groups excluding carboxylic acids is 1. The molecule has 0 spiro atoms. The Morgan fingerprint density at radius 1 is 1.15 bits per heavy atom. The number of guanidine groups is 1. The number of benzene rings is 1. The van der Waals surface area contributed by atoms with Crippen LogP contribution >= 0.6 is 0 Å². The second-order valence-corrected chi connectivity index (χ2v) is 7.77. The summed E-state index contributed by atoms with van der Waals surface area (Å²) >= 11 is 0. The van der Waals surface area contributed by atoms with Crippen molar-refractivity contribution >= 4 is 11.9 Å². The topological polar surface area (TPSA) is 68.8 Å². The quantitative estimate of drug-likeness (QED) is 0.536. The van der Waals surface area contributed by atoms with Crippen LogP contribution in [0.15, 0.2) is 35.3 Å². The Morgan fingerprint density at radius 2 is 1.81 bits per heavy atom. The molecule has 1 atom stereocenters. The van der Waals surface area contributed by atoms with Gasteiger partial charge in [-0.2, -0.15) is 0 Å². The van der Waals surface area contributed by atoms with Gasteiger partial charge in [0, 0.05) is 19.1 Å². The fourth-order valence-corrected chi connectivity index (χ4v) is 3.23. The molecule has 1 aliphatic heterocycles. The van der Waals surface area contributed by atoms with Crippen molar-refractivity contribution in [2.75, 3.05) is 33.2 Å².